The van der Waals surface area contributed by atoms with Gasteiger partial charge in [0, 0.05) is 17.1 Å². The van der Waals surface area contributed by atoms with E-state index in [4.69, 9.17) is 16.9 Å². The van der Waals surface area contributed by atoms with E-state index in [1.54, 1.807) is 11.0 Å². The van der Waals surface area contributed by atoms with Crippen LogP contribution in [-0.2, 0) is 4.79 Å². The summed E-state index contributed by atoms with van der Waals surface area (Å²) >= 11 is 5.90. The summed E-state index contributed by atoms with van der Waals surface area (Å²) in [4.78, 5) is 13.6. The summed E-state index contributed by atoms with van der Waals surface area (Å²) < 4.78 is 0. The molecule has 1 aromatic rings. The van der Waals surface area contributed by atoms with Crippen LogP contribution in [0, 0.1) is 24.2 Å². The fourth-order valence-electron chi connectivity index (χ4n) is 2.26. The summed E-state index contributed by atoms with van der Waals surface area (Å²) in [5.74, 6) is -0.216. The van der Waals surface area contributed by atoms with Gasteiger partial charge in [-0.05, 0) is 37.6 Å². The van der Waals surface area contributed by atoms with Crippen LogP contribution in [-0.4, -0.2) is 11.9 Å². The van der Waals surface area contributed by atoms with Crippen molar-refractivity contribution in [3.63, 3.8) is 0 Å². The zero-order valence-corrected chi connectivity index (χ0v) is 10.5. The largest absolute Gasteiger partial charge is 0.308 e. The summed E-state index contributed by atoms with van der Waals surface area (Å²) in [7, 11) is 0. The summed E-state index contributed by atoms with van der Waals surface area (Å²) in [5.41, 5.74) is 1.81. The molecule has 1 fully saturated rings. The molecule has 3 nitrogen and oxygen atoms in total. The normalized spacial score (nSPS) is 23.9. The zero-order chi connectivity index (χ0) is 12.6. The standard InChI is InChI=1S/C13H13ClN2O/c1-8-5-11(14)3-4-12(8)16-9(2)10(7-15)6-13(16)17/h3-5,9-10H,6H2,1-2H3. The summed E-state index contributed by atoms with van der Waals surface area (Å²) in [6.45, 7) is 3.83. The van der Waals surface area contributed by atoms with Crippen LogP contribution in [0.25, 0.3) is 0 Å². The fourth-order valence-corrected chi connectivity index (χ4v) is 2.49. The quantitative estimate of drug-likeness (QED) is 0.767. The highest BCUT2D eigenvalue weighted by atomic mass is 35.5. The molecule has 1 amide bonds. The highest BCUT2D eigenvalue weighted by Crippen LogP contribution is 2.33. The Morgan fingerprint density at radius 1 is 1.53 bits per heavy atom. The topological polar surface area (TPSA) is 44.1 Å². The third kappa shape index (κ3) is 2.01. The Balaban J connectivity index is 2.41. The maximum Gasteiger partial charge on any atom is 0.228 e. The van der Waals surface area contributed by atoms with E-state index in [1.165, 1.54) is 0 Å². The van der Waals surface area contributed by atoms with E-state index in [9.17, 15) is 4.79 Å². The second-order valence-corrected chi connectivity index (χ2v) is 4.81. The predicted octanol–water partition coefficient (Wildman–Crippen LogP) is 2.91. The minimum absolute atomic E-state index is 0.00877. The van der Waals surface area contributed by atoms with E-state index < -0.39 is 0 Å². The minimum atomic E-state index is -0.224. The van der Waals surface area contributed by atoms with Crippen molar-refractivity contribution in [1.29, 1.82) is 5.26 Å². The van der Waals surface area contributed by atoms with Crippen LogP contribution in [0.2, 0.25) is 5.02 Å². The SMILES string of the molecule is Cc1cc(Cl)ccc1N1C(=O)CC(C#N)C1C. The molecule has 2 unspecified atom stereocenters. The molecular formula is C13H13ClN2O. The number of amides is 1. The fraction of sp³-hybridized carbons (Fsp3) is 0.385. The Kier molecular flexibility index (Phi) is 3.08. The van der Waals surface area contributed by atoms with E-state index >= 15 is 0 Å². The number of anilines is 1. The van der Waals surface area contributed by atoms with Crippen molar-refractivity contribution >= 4 is 23.2 Å². The summed E-state index contributed by atoms with van der Waals surface area (Å²) in [6, 6.07) is 7.55. The molecule has 1 heterocycles. The Morgan fingerprint density at radius 2 is 2.24 bits per heavy atom. The van der Waals surface area contributed by atoms with E-state index in [0.29, 0.717) is 11.4 Å². The first-order valence-electron chi connectivity index (χ1n) is 5.52. The Hall–Kier alpha value is -1.53. The van der Waals surface area contributed by atoms with E-state index in [-0.39, 0.29) is 17.9 Å². The predicted molar refractivity (Wildman–Crippen MR) is 66.9 cm³/mol. The van der Waals surface area contributed by atoms with Crippen molar-refractivity contribution in [2.45, 2.75) is 26.3 Å². The summed E-state index contributed by atoms with van der Waals surface area (Å²) in [6.07, 6.45) is 0.305. The molecule has 1 aliphatic heterocycles. The molecule has 2 atom stereocenters. The molecule has 1 aromatic carbocycles. The first-order valence-corrected chi connectivity index (χ1v) is 5.90. The average Bonchev–Trinajstić information content (AvgIpc) is 2.55. The maximum atomic E-state index is 11.9. The molecule has 0 N–H and O–H groups in total. The number of carbonyl (C=O) groups is 1. The second kappa shape index (κ2) is 4.38. The molecule has 0 saturated carbocycles. The van der Waals surface area contributed by atoms with Gasteiger partial charge in [0.1, 0.15) is 0 Å². The Labute approximate surface area is 106 Å². The van der Waals surface area contributed by atoms with Crippen molar-refractivity contribution in [2.75, 3.05) is 4.90 Å². The number of aryl methyl sites for hydroxylation is 1. The lowest BCUT2D eigenvalue weighted by molar-refractivity contribution is -0.117. The zero-order valence-electron chi connectivity index (χ0n) is 9.77. The molecule has 1 aliphatic rings. The van der Waals surface area contributed by atoms with Gasteiger partial charge < -0.3 is 4.90 Å². The highest BCUT2D eigenvalue weighted by molar-refractivity contribution is 6.30. The first-order chi connectivity index (χ1) is 8.04. The van der Waals surface area contributed by atoms with Crippen LogP contribution in [0.5, 0.6) is 0 Å². The van der Waals surface area contributed by atoms with Crippen LogP contribution in [0.3, 0.4) is 0 Å². The third-order valence-electron chi connectivity index (χ3n) is 3.24. The van der Waals surface area contributed by atoms with E-state index in [1.807, 2.05) is 26.0 Å². The lowest BCUT2D eigenvalue weighted by Crippen LogP contribution is -2.33. The number of hydrogen-bond donors (Lipinski definition) is 0. The maximum absolute atomic E-state index is 11.9. The van der Waals surface area contributed by atoms with Gasteiger partial charge in [-0.2, -0.15) is 5.26 Å². The number of hydrogen-bond acceptors (Lipinski definition) is 2. The summed E-state index contributed by atoms with van der Waals surface area (Å²) in [5, 5.41) is 9.64. The Bertz CT molecular complexity index is 507. The molecule has 0 radical (unpaired) electrons. The van der Waals surface area contributed by atoms with Gasteiger partial charge in [0.25, 0.3) is 0 Å². The van der Waals surface area contributed by atoms with Crippen LogP contribution in [0.4, 0.5) is 5.69 Å². The van der Waals surface area contributed by atoms with Gasteiger partial charge in [0.05, 0.1) is 18.0 Å². The van der Waals surface area contributed by atoms with Gasteiger partial charge in [-0.3, -0.25) is 4.79 Å². The second-order valence-electron chi connectivity index (χ2n) is 4.37. The molecular weight excluding hydrogens is 236 g/mol. The lowest BCUT2D eigenvalue weighted by atomic mass is 10.0. The number of nitrogens with zero attached hydrogens (tertiary/aromatic N) is 2. The molecule has 88 valence electrons. The third-order valence-corrected chi connectivity index (χ3v) is 3.47. The molecule has 0 aliphatic carbocycles. The molecule has 17 heavy (non-hydrogen) atoms. The van der Waals surface area contributed by atoms with Crippen molar-refractivity contribution < 1.29 is 4.79 Å². The molecule has 0 spiro atoms. The monoisotopic (exact) mass is 248 g/mol. The molecule has 2 rings (SSSR count). The van der Waals surface area contributed by atoms with Crippen LogP contribution in [0.15, 0.2) is 18.2 Å². The molecule has 4 heteroatoms. The van der Waals surface area contributed by atoms with Gasteiger partial charge >= 0.3 is 0 Å². The minimum Gasteiger partial charge on any atom is -0.308 e. The van der Waals surface area contributed by atoms with E-state index in [0.717, 1.165) is 11.3 Å². The highest BCUT2D eigenvalue weighted by Gasteiger charge is 2.38. The van der Waals surface area contributed by atoms with Gasteiger partial charge in [-0.25, -0.2) is 0 Å². The van der Waals surface area contributed by atoms with Crippen LogP contribution >= 0.6 is 11.6 Å². The van der Waals surface area contributed by atoms with Crippen molar-refractivity contribution in [3.8, 4) is 6.07 Å². The van der Waals surface area contributed by atoms with Gasteiger partial charge in [0.15, 0.2) is 0 Å². The first kappa shape index (κ1) is 11.9. The number of nitriles is 1. The van der Waals surface area contributed by atoms with Crippen molar-refractivity contribution in [3.05, 3.63) is 28.8 Å². The van der Waals surface area contributed by atoms with Gasteiger partial charge in [0.2, 0.25) is 5.91 Å². The number of rotatable bonds is 1. The smallest absolute Gasteiger partial charge is 0.228 e. The molecule has 0 aromatic heterocycles. The van der Waals surface area contributed by atoms with Crippen molar-refractivity contribution in [2.24, 2.45) is 5.92 Å². The van der Waals surface area contributed by atoms with Crippen LogP contribution < -0.4 is 4.90 Å². The molecule has 0 bridgehead atoms. The van der Waals surface area contributed by atoms with Crippen molar-refractivity contribution in [1.82, 2.24) is 0 Å². The lowest BCUT2D eigenvalue weighted by Gasteiger charge is -2.24. The molecule has 1 saturated heterocycles. The van der Waals surface area contributed by atoms with Crippen LogP contribution in [0.1, 0.15) is 18.9 Å². The number of benzene rings is 1. The number of carbonyl (C=O) groups excluding carboxylic acids is 1. The number of halogens is 1. The average molecular weight is 249 g/mol. The Morgan fingerprint density at radius 3 is 2.76 bits per heavy atom. The van der Waals surface area contributed by atoms with E-state index in [2.05, 4.69) is 6.07 Å². The van der Waals surface area contributed by atoms with Gasteiger partial charge in [-0.15, -0.1) is 0 Å². The van der Waals surface area contributed by atoms with Gasteiger partial charge in [-0.1, -0.05) is 11.6 Å².